The van der Waals surface area contributed by atoms with Crippen molar-refractivity contribution in [3.63, 3.8) is 0 Å². The van der Waals surface area contributed by atoms with E-state index in [1.54, 1.807) is 0 Å². The molecule has 0 saturated heterocycles. The third-order valence-electron chi connectivity index (χ3n) is 2.41. The molecule has 0 aliphatic heterocycles. The summed E-state index contributed by atoms with van der Waals surface area (Å²) < 4.78 is 0. The number of carbonyl (C=O) groups excluding carboxylic acids is 1. The lowest BCUT2D eigenvalue weighted by atomic mass is 10.0. The predicted molar refractivity (Wildman–Crippen MR) is 59.7 cm³/mol. The van der Waals surface area contributed by atoms with E-state index in [-0.39, 0.29) is 5.78 Å². The molecule has 1 aromatic rings. The van der Waals surface area contributed by atoms with Crippen LogP contribution in [0.25, 0.3) is 0 Å². The van der Waals surface area contributed by atoms with Gasteiger partial charge in [0.25, 0.3) is 0 Å². The molecule has 1 aromatic carbocycles. The fourth-order valence-corrected chi connectivity index (χ4v) is 1.45. The Labute approximate surface area is 86.1 Å². The summed E-state index contributed by atoms with van der Waals surface area (Å²) in [6.07, 6.45) is 3.76. The first kappa shape index (κ1) is 11.0. The number of unbranched alkanes of at least 4 members (excludes halogenated alkanes) is 1. The zero-order chi connectivity index (χ0) is 10.4. The third-order valence-corrected chi connectivity index (χ3v) is 2.41. The summed E-state index contributed by atoms with van der Waals surface area (Å²) in [5.41, 5.74) is 2.12. The highest BCUT2D eigenvalue weighted by Crippen LogP contribution is 2.10. The maximum atomic E-state index is 11.7. The second kappa shape index (κ2) is 5.58. The van der Waals surface area contributed by atoms with E-state index in [4.69, 9.17) is 0 Å². The van der Waals surface area contributed by atoms with Crippen molar-refractivity contribution in [2.24, 2.45) is 0 Å². The van der Waals surface area contributed by atoms with Crippen LogP contribution in [-0.2, 0) is 6.42 Å². The van der Waals surface area contributed by atoms with E-state index >= 15 is 0 Å². The van der Waals surface area contributed by atoms with E-state index in [9.17, 15) is 4.79 Å². The molecule has 0 radical (unpaired) electrons. The minimum absolute atomic E-state index is 0.280. The van der Waals surface area contributed by atoms with Gasteiger partial charge in [0.1, 0.15) is 0 Å². The minimum Gasteiger partial charge on any atom is -0.294 e. The molecule has 0 aromatic heterocycles. The van der Waals surface area contributed by atoms with Crippen molar-refractivity contribution in [2.75, 3.05) is 0 Å². The van der Waals surface area contributed by atoms with Crippen LogP contribution < -0.4 is 0 Å². The summed E-state index contributed by atoms with van der Waals surface area (Å²) in [6, 6.07) is 7.96. The molecular formula is C13H18O. The minimum atomic E-state index is 0.280. The lowest BCUT2D eigenvalue weighted by Gasteiger charge is -2.02. The van der Waals surface area contributed by atoms with E-state index in [1.807, 2.05) is 18.2 Å². The molecule has 0 aliphatic rings. The Balaban J connectivity index is 2.69. The normalized spacial score (nSPS) is 10.1. The topological polar surface area (TPSA) is 17.1 Å². The molecule has 1 rings (SSSR count). The van der Waals surface area contributed by atoms with E-state index in [0.717, 1.165) is 24.8 Å². The summed E-state index contributed by atoms with van der Waals surface area (Å²) >= 11 is 0. The lowest BCUT2D eigenvalue weighted by Crippen LogP contribution is -1.99. The molecule has 1 heteroatoms. The molecule has 0 bridgehead atoms. The van der Waals surface area contributed by atoms with Gasteiger partial charge >= 0.3 is 0 Å². The molecule has 0 unspecified atom stereocenters. The van der Waals surface area contributed by atoms with Gasteiger partial charge in [-0.05, 0) is 24.5 Å². The standard InChI is InChI=1S/C13H18O/c1-3-5-9-13(14)12-8-6-7-11(4-2)10-12/h6-8,10H,3-5,9H2,1-2H3. The van der Waals surface area contributed by atoms with Gasteiger partial charge in [-0.1, -0.05) is 38.5 Å². The quantitative estimate of drug-likeness (QED) is 0.648. The van der Waals surface area contributed by atoms with Crippen LogP contribution in [0.4, 0.5) is 0 Å². The van der Waals surface area contributed by atoms with E-state index in [2.05, 4.69) is 19.9 Å². The zero-order valence-corrected chi connectivity index (χ0v) is 9.05. The molecule has 0 saturated carbocycles. The molecular weight excluding hydrogens is 172 g/mol. The van der Waals surface area contributed by atoms with Crippen LogP contribution in [-0.4, -0.2) is 5.78 Å². The first-order chi connectivity index (χ1) is 6.77. The summed E-state index contributed by atoms with van der Waals surface area (Å²) in [5.74, 6) is 0.280. The Bertz CT molecular complexity index is 302. The van der Waals surface area contributed by atoms with Crippen molar-refractivity contribution < 1.29 is 4.79 Å². The molecule has 0 spiro atoms. The van der Waals surface area contributed by atoms with Gasteiger partial charge in [-0.25, -0.2) is 0 Å². The van der Waals surface area contributed by atoms with Crippen molar-refractivity contribution in [3.8, 4) is 0 Å². The van der Waals surface area contributed by atoms with Crippen molar-refractivity contribution in [1.82, 2.24) is 0 Å². The monoisotopic (exact) mass is 190 g/mol. The summed E-state index contributed by atoms with van der Waals surface area (Å²) in [6.45, 7) is 4.21. The molecule has 0 N–H and O–H groups in total. The number of carbonyl (C=O) groups is 1. The highest BCUT2D eigenvalue weighted by molar-refractivity contribution is 5.96. The third kappa shape index (κ3) is 2.99. The van der Waals surface area contributed by atoms with Crippen molar-refractivity contribution in [1.29, 1.82) is 0 Å². The van der Waals surface area contributed by atoms with E-state index < -0.39 is 0 Å². The van der Waals surface area contributed by atoms with Crippen LogP contribution in [0.5, 0.6) is 0 Å². The van der Waals surface area contributed by atoms with Crippen molar-refractivity contribution >= 4 is 5.78 Å². The van der Waals surface area contributed by atoms with Crippen LogP contribution in [0.1, 0.15) is 49.0 Å². The van der Waals surface area contributed by atoms with Crippen LogP contribution in [0, 0.1) is 0 Å². The Morgan fingerprint density at radius 2 is 2.07 bits per heavy atom. The van der Waals surface area contributed by atoms with Crippen molar-refractivity contribution in [2.45, 2.75) is 39.5 Å². The number of Topliss-reactive ketones (excluding diaryl/α,β-unsaturated/α-hetero) is 1. The average Bonchev–Trinajstić information content (AvgIpc) is 2.26. The van der Waals surface area contributed by atoms with Gasteiger partial charge in [0, 0.05) is 12.0 Å². The zero-order valence-electron chi connectivity index (χ0n) is 9.05. The van der Waals surface area contributed by atoms with Gasteiger partial charge in [0.05, 0.1) is 0 Å². The van der Waals surface area contributed by atoms with Gasteiger partial charge in [0.2, 0.25) is 0 Å². The Hall–Kier alpha value is -1.11. The Kier molecular flexibility index (Phi) is 4.37. The van der Waals surface area contributed by atoms with Gasteiger partial charge in [-0.3, -0.25) is 4.79 Å². The smallest absolute Gasteiger partial charge is 0.162 e. The number of rotatable bonds is 5. The number of aryl methyl sites for hydroxylation is 1. The molecule has 0 fully saturated rings. The summed E-state index contributed by atoms with van der Waals surface area (Å²) in [7, 11) is 0. The lowest BCUT2D eigenvalue weighted by molar-refractivity contribution is 0.0979. The molecule has 0 atom stereocenters. The van der Waals surface area contributed by atoms with E-state index in [1.165, 1.54) is 5.56 Å². The van der Waals surface area contributed by atoms with Crippen LogP contribution in [0.2, 0.25) is 0 Å². The fourth-order valence-electron chi connectivity index (χ4n) is 1.45. The maximum Gasteiger partial charge on any atom is 0.162 e. The maximum absolute atomic E-state index is 11.7. The molecule has 14 heavy (non-hydrogen) atoms. The van der Waals surface area contributed by atoms with Gasteiger partial charge in [-0.2, -0.15) is 0 Å². The SMILES string of the molecule is CCCCC(=O)c1cccc(CC)c1. The highest BCUT2D eigenvalue weighted by atomic mass is 16.1. The molecule has 0 aliphatic carbocycles. The fraction of sp³-hybridized carbons (Fsp3) is 0.462. The first-order valence-electron chi connectivity index (χ1n) is 5.40. The molecule has 0 amide bonds. The number of hydrogen-bond acceptors (Lipinski definition) is 1. The van der Waals surface area contributed by atoms with Crippen LogP contribution in [0.15, 0.2) is 24.3 Å². The second-order valence-electron chi connectivity index (χ2n) is 3.58. The molecule has 0 heterocycles. The van der Waals surface area contributed by atoms with Crippen molar-refractivity contribution in [3.05, 3.63) is 35.4 Å². The number of ketones is 1. The predicted octanol–water partition coefficient (Wildman–Crippen LogP) is 3.62. The number of hydrogen-bond donors (Lipinski definition) is 0. The molecule has 76 valence electrons. The van der Waals surface area contributed by atoms with Gasteiger partial charge in [-0.15, -0.1) is 0 Å². The van der Waals surface area contributed by atoms with Crippen LogP contribution in [0.3, 0.4) is 0 Å². The average molecular weight is 190 g/mol. The van der Waals surface area contributed by atoms with Gasteiger partial charge < -0.3 is 0 Å². The second-order valence-corrected chi connectivity index (χ2v) is 3.58. The summed E-state index contributed by atoms with van der Waals surface area (Å²) in [4.78, 5) is 11.7. The van der Waals surface area contributed by atoms with Crippen LogP contribution >= 0.6 is 0 Å². The molecule has 1 nitrogen and oxygen atoms in total. The highest BCUT2D eigenvalue weighted by Gasteiger charge is 2.04. The largest absolute Gasteiger partial charge is 0.294 e. The summed E-state index contributed by atoms with van der Waals surface area (Å²) in [5, 5.41) is 0. The first-order valence-corrected chi connectivity index (χ1v) is 5.40. The Morgan fingerprint density at radius 3 is 2.71 bits per heavy atom. The Morgan fingerprint density at radius 1 is 1.29 bits per heavy atom. The van der Waals surface area contributed by atoms with E-state index in [0.29, 0.717) is 6.42 Å². The van der Waals surface area contributed by atoms with Gasteiger partial charge in [0.15, 0.2) is 5.78 Å². The number of benzene rings is 1.